The highest BCUT2D eigenvalue weighted by atomic mass is 79.9. The Morgan fingerprint density at radius 2 is 1.87 bits per heavy atom. The molecule has 23 heavy (non-hydrogen) atoms. The van der Waals surface area contributed by atoms with E-state index in [1.807, 2.05) is 4.90 Å². The van der Waals surface area contributed by atoms with Gasteiger partial charge in [0, 0.05) is 26.1 Å². The molecule has 2 amide bonds. The molecule has 6 heteroatoms. The summed E-state index contributed by atoms with van der Waals surface area (Å²) in [7, 11) is 0. The lowest BCUT2D eigenvalue weighted by molar-refractivity contribution is -0.131. The highest BCUT2D eigenvalue weighted by molar-refractivity contribution is 9.10. The van der Waals surface area contributed by atoms with Gasteiger partial charge in [-0.25, -0.2) is 4.39 Å². The molecule has 4 nitrogen and oxygen atoms in total. The smallest absolute Gasteiger partial charge is 0.224 e. The number of carbonyl (C=O) groups excluding carboxylic acids is 2. The molecule has 0 aromatic heterocycles. The van der Waals surface area contributed by atoms with Gasteiger partial charge in [-0.1, -0.05) is 18.9 Å². The van der Waals surface area contributed by atoms with Gasteiger partial charge in [-0.2, -0.15) is 0 Å². The summed E-state index contributed by atoms with van der Waals surface area (Å²) in [6, 6.07) is 4.51. The van der Waals surface area contributed by atoms with Crippen LogP contribution in [0.4, 0.5) is 4.39 Å². The van der Waals surface area contributed by atoms with Crippen LogP contribution < -0.4 is 5.32 Å². The summed E-state index contributed by atoms with van der Waals surface area (Å²) in [5.41, 5.74) is 0.731. The molecule has 1 fully saturated rings. The van der Waals surface area contributed by atoms with Crippen LogP contribution in [0.25, 0.3) is 0 Å². The van der Waals surface area contributed by atoms with E-state index >= 15 is 0 Å². The van der Waals surface area contributed by atoms with Crippen LogP contribution in [0.2, 0.25) is 0 Å². The third-order valence-electron chi connectivity index (χ3n) is 3.97. The van der Waals surface area contributed by atoms with E-state index < -0.39 is 0 Å². The van der Waals surface area contributed by atoms with Crippen molar-refractivity contribution in [3.63, 3.8) is 0 Å². The van der Waals surface area contributed by atoms with Crippen LogP contribution in [0.3, 0.4) is 0 Å². The molecule has 0 bridgehead atoms. The van der Waals surface area contributed by atoms with E-state index in [9.17, 15) is 14.0 Å². The highest BCUT2D eigenvalue weighted by Gasteiger charge is 2.15. The predicted octanol–water partition coefficient (Wildman–Crippen LogP) is 3.04. The molecule has 1 saturated heterocycles. The number of nitrogens with one attached hydrogen (secondary N) is 1. The second-order valence-corrected chi connectivity index (χ2v) is 6.67. The average Bonchev–Trinajstić information content (AvgIpc) is 2.80. The first kappa shape index (κ1) is 17.9. The van der Waals surface area contributed by atoms with Crippen LogP contribution in [-0.2, 0) is 16.0 Å². The zero-order valence-electron chi connectivity index (χ0n) is 13.1. The molecule has 1 N–H and O–H groups in total. The predicted molar refractivity (Wildman–Crippen MR) is 90.5 cm³/mol. The van der Waals surface area contributed by atoms with Gasteiger partial charge in [0.1, 0.15) is 5.82 Å². The second-order valence-electron chi connectivity index (χ2n) is 5.82. The molecule has 0 atom stereocenters. The summed E-state index contributed by atoms with van der Waals surface area (Å²) < 4.78 is 13.5. The van der Waals surface area contributed by atoms with Gasteiger partial charge in [-0.05, 0) is 46.5 Å². The summed E-state index contributed by atoms with van der Waals surface area (Å²) >= 11 is 3.10. The number of hydrogen-bond donors (Lipinski definition) is 1. The van der Waals surface area contributed by atoms with Crippen molar-refractivity contribution < 1.29 is 14.0 Å². The van der Waals surface area contributed by atoms with Crippen molar-refractivity contribution in [2.24, 2.45) is 0 Å². The fourth-order valence-electron chi connectivity index (χ4n) is 2.68. The number of benzene rings is 1. The molecule has 2 rings (SSSR count). The van der Waals surface area contributed by atoms with Gasteiger partial charge in [0.25, 0.3) is 0 Å². The minimum absolute atomic E-state index is 0.108. The van der Waals surface area contributed by atoms with Gasteiger partial charge in [0.15, 0.2) is 0 Å². The molecule has 1 aliphatic heterocycles. The number of rotatable bonds is 5. The molecule has 0 saturated carbocycles. The molecular formula is C17H22BrFN2O2. The third kappa shape index (κ3) is 5.94. The quantitative estimate of drug-likeness (QED) is 0.847. The number of hydrogen-bond acceptors (Lipinski definition) is 2. The van der Waals surface area contributed by atoms with Crippen LogP contribution >= 0.6 is 15.9 Å². The summed E-state index contributed by atoms with van der Waals surface area (Å²) in [4.78, 5) is 25.9. The van der Waals surface area contributed by atoms with E-state index in [1.54, 1.807) is 12.1 Å². The molecular weight excluding hydrogens is 363 g/mol. The zero-order valence-corrected chi connectivity index (χ0v) is 14.7. The molecule has 0 spiro atoms. The first-order valence-electron chi connectivity index (χ1n) is 8.04. The molecule has 1 aromatic rings. The number of halogens is 2. The van der Waals surface area contributed by atoms with Gasteiger partial charge in [-0.15, -0.1) is 0 Å². The fraction of sp³-hybridized carbons (Fsp3) is 0.529. The minimum Gasteiger partial charge on any atom is -0.355 e. The standard InChI is InChI=1S/C17H22BrFN2O2/c18-14-11-13(5-6-15(14)19)12-16(22)20-8-7-17(23)21-9-3-1-2-4-10-21/h5-6,11H,1-4,7-10,12H2,(H,20,22). The molecule has 1 heterocycles. The normalized spacial score (nSPS) is 15.1. The van der Waals surface area contributed by atoms with Crippen molar-refractivity contribution in [2.75, 3.05) is 19.6 Å². The molecule has 0 radical (unpaired) electrons. The first-order chi connectivity index (χ1) is 11.1. The van der Waals surface area contributed by atoms with E-state index in [-0.39, 0.29) is 24.1 Å². The SMILES string of the molecule is O=C(Cc1ccc(F)c(Br)c1)NCCC(=O)N1CCCCCC1. The summed E-state index contributed by atoms with van der Waals surface area (Å²) in [5.74, 6) is -0.402. The largest absolute Gasteiger partial charge is 0.355 e. The zero-order chi connectivity index (χ0) is 16.7. The summed E-state index contributed by atoms with van der Waals surface area (Å²) in [5, 5.41) is 2.76. The lowest BCUT2D eigenvalue weighted by atomic mass is 10.1. The molecule has 1 aromatic carbocycles. The summed E-state index contributed by atoms with van der Waals surface area (Å²) in [6.45, 7) is 2.00. The van der Waals surface area contributed by atoms with Crippen LogP contribution in [0.15, 0.2) is 22.7 Å². The van der Waals surface area contributed by atoms with Crippen molar-refractivity contribution in [1.82, 2.24) is 10.2 Å². The Kier molecular flexibility index (Phi) is 7.02. The van der Waals surface area contributed by atoms with E-state index in [2.05, 4.69) is 21.2 Å². The van der Waals surface area contributed by atoms with Gasteiger partial charge < -0.3 is 10.2 Å². The molecule has 126 valence electrons. The Morgan fingerprint density at radius 1 is 1.17 bits per heavy atom. The van der Waals surface area contributed by atoms with E-state index in [4.69, 9.17) is 0 Å². The van der Waals surface area contributed by atoms with Gasteiger partial charge in [0.2, 0.25) is 11.8 Å². The van der Waals surface area contributed by atoms with Crippen molar-refractivity contribution in [3.8, 4) is 0 Å². The molecule has 0 unspecified atom stereocenters. The van der Waals surface area contributed by atoms with Crippen molar-refractivity contribution in [3.05, 3.63) is 34.1 Å². The maximum Gasteiger partial charge on any atom is 0.224 e. The van der Waals surface area contributed by atoms with Crippen LogP contribution in [-0.4, -0.2) is 36.3 Å². The maximum atomic E-state index is 13.1. The molecule has 1 aliphatic rings. The Hall–Kier alpha value is -1.43. The van der Waals surface area contributed by atoms with Crippen LogP contribution in [0.5, 0.6) is 0 Å². The average molecular weight is 385 g/mol. The van der Waals surface area contributed by atoms with Gasteiger partial charge >= 0.3 is 0 Å². The van der Waals surface area contributed by atoms with Crippen molar-refractivity contribution >= 4 is 27.7 Å². The van der Waals surface area contributed by atoms with E-state index in [0.717, 1.165) is 31.5 Å². The Balaban J connectivity index is 1.71. The highest BCUT2D eigenvalue weighted by Crippen LogP contribution is 2.17. The second kappa shape index (κ2) is 9.01. The van der Waals surface area contributed by atoms with Crippen molar-refractivity contribution in [2.45, 2.75) is 38.5 Å². The number of amides is 2. The van der Waals surface area contributed by atoms with Crippen molar-refractivity contribution in [1.29, 1.82) is 0 Å². The van der Waals surface area contributed by atoms with Gasteiger partial charge in [0.05, 0.1) is 10.9 Å². The summed E-state index contributed by atoms with van der Waals surface area (Å²) in [6.07, 6.45) is 5.02. The van der Waals surface area contributed by atoms with Crippen LogP contribution in [0, 0.1) is 5.82 Å². The number of likely N-dealkylation sites (tertiary alicyclic amines) is 1. The van der Waals surface area contributed by atoms with Gasteiger partial charge in [-0.3, -0.25) is 9.59 Å². The monoisotopic (exact) mass is 384 g/mol. The fourth-order valence-corrected chi connectivity index (χ4v) is 3.11. The van der Waals surface area contributed by atoms with E-state index in [1.165, 1.54) is 18.9 Å². The van der Waals surface area contributed by atoms with E-state index in [0.29, 0.717) is 17.4 Å². The Bertz CT molecular complexity index is 558. The third-order valence-corrected chi connectivity index (χ3v) is 4.58. The Labute approximate surface area is 144 Å². The lowest BCUT2D eigenvalue weighted by Gasteiger charge is -2.20. The molecule has 0 aliphatic carbocycles. The lowest BCUT2D eigenvalue weighted by Crippen LogP contribution is -2.35. The minimum atomic E-state index is -0.350. The number of carbonyl (C=O) groups is 2. The first-order valence-corrected chi connectivity index (χ1v) is 8.84. The number of nitrogens with zero attached hydrogens (tertiary/aromatic N) is 1. The van der Waals surface area contributed by atoms with Crippen LogP contribution in [0.1, 0.15) is 37.7 Å². The maximum absolute atomic E-state index is 13.1. The topological polar surface area (TPSA) is 49.4 Å². The Morgan fingerprint density at radius 3 is 2.52 bits per heavy atom.